The maximum absolute atomic E-state index is 12.6. The Morgan fingerprint density at radius 3 is 1.45 bits per heavy atom. The van der Waals surface area contributed by atoms with Gasteiger partial charge in [-0.3, -0.25) is 18.6 Å². The van der Waals surface area contributed by atoms with Crippen LogP contribution in [0.3, 0.4) is 0 Å². The molecule has 0 aliphatic heterocycles. The van der Waals surface area contributed by atoms with Crippen molar-refractivity contribution in [3.05, 3.63) is 48.6 Å². The molecule has 2 atom stereocenters. The van der Waals surface area contributed by atoms with Crippen LogP contribution < -0.4 is 5.73 Å². The molecule has 9 nitrogen and oxygen atoms in total. The number of nitrogens with two attached hydrogens (primary N) is 1. The Kier molecular flexibility index (Phi) is 40.1. The highest BCUT2D eigenvalue weighted by Crippen LogP contribution is 2.43. The standard InChI is InChI=1S/C45H82NO8P/c1-3-5-7-9-11-13-15-17-19-21-23-25-27-29-31-33-35-37-44(47)51-41-43(42-53-55(49,50)52-40-39-46)54-45(48)38-36-34-32-30-28-26-24-22-20-18-16-14-12-10-8-6-4-2/h12,14,18,20,24,26,30,32,43H,3-11,13,15-17,19,21-23,25,27-29,31,33-42,46H2,1-2H3,(H,49,50). The fourth-order valence-electron chi connectivity index (χ4n) is 5.92. The van der Waals surface area contributed by atoms with E-state index >= 15 is 0 Å². The highest BCUT2D eigenvalue weighted by atomic mass is 31.2. The number of phosphoric acid groups is 1. The molecule has 0 aromatic heterocycles. The van der Waals surface area contributed by atoms with Crippen molar-refractivity contribution in [2.45, 2.75) is 200 Å². The molecule has 0 fully saturated rings. The molecule has 3 N–H and O–H groups in total. The van der Waals surface area contributed by atoms with Crippen LogP contribution in [0.1, 0.15) is 194 Å². The summed E-state index contributed by atoms with van der Waals surface area (Å²) >= 11 is 0. The number of rotatable bonds is 41. The van der Waals surface area contributed by atoms with E-state index in [1.54, 1.807) is 0 Å². The first-order valence-corrected chi connectivity index (χ1v) is 23.6. The van der Waals surface area contributed by atoms with Crippen LogP contribution in [-0.2, 0) is 32.7 Å². The van der Waals surface area contributed by atoms with Crippen LogP contribution in [0.5, 0.6) is 0 Å². The molecular formula is C45H82NO8P. The van der Waals surface area contributed by atoms with Gasteiger partial charge in [-0.15, -0.1) is 0 Å². The Hall–Kier alpha value is -2.03. The first-order chi connectivity index (χ1) is 26.8. The molecule has 0 bridgehead atoms. The summed E-state index contributed by atoms with van der Waals surface area (Å²) in [5.74, 6) is -0.890. The number of carbonyl (C=O) groups excluding carboxylic acids is 2. The van der Waals surface area contributed by atoms with Crippen LogP contribution in [0.15, 0.2) is 48.6 Å². The zero-order valence-electron chi connectivity index (χ0n) is 35.2. The number of esters is 2. The first-order valence-electron chi connectivity index (χ1n) is 22.1. The van der Waals surface area contributed by atoms with Gasteiger partial charge in [-0.05, 0) is 51.4 Å². The van der Waals surface area contributed by atoms with Gasteiger partial charge in [-0.1, -0.05) is 178 Å². The molecule has 0 saturated carbocycles. The molecule has 0 aromatic carbocycles. The molecule has 0 aliphatic carbocycles. The minimum absolute atomic E-state index is 0.0444. The molecule has 0 rings (SSSR count). The third-order valence-corrected chi connectivity index (χ3v) is 10.2. The van der Waals surface area contributed by atoms with Crippen LogP contribution in [0.4, 0.5) is 0 Å². The quantitative estimate of drug-likeness (QED) is 0.0268. The summed E-state index contributed by atoms with van der Waals surface area (Å²) in [6.45, 7) is 3.65. The van der Waals surface area contributed by atoms with Crippen molar-refractivity contribution in [2.24, 2.45) is 5.73 Å². The Balaban J connectivity index is 4.22. The van der Waals surface area contributed by atoms with E-state index in [4.69, 9.17) is 24.3 Å². The van der Waals surface area contributed by atoms with E-state index in [1.807, 2.05) is 6.08 Å². The monoisotopic (exact) mass is 796 g/mol. The van der Waals surface area contributed by atoms with E-state index in [-0.39, 0.29) is 32.6 Å². The van der Waals surface area contributed by atoms with Crippen molar-refractivity contribution in [1.29, 1.82) is 0 Å². The fourth-order valence-corrected chi connectivity index (χ4v) is 6.69. The number of phosphoric ester groups is 1. The van der Waals surface area contributed by atoms with Crippen molar-refractivity contribution in [2.75, 3.05) is 26.4 Å². The summed E-state index contributed by atoms with van der Waals surface area (Å²) in [4.78, 5) is 34.9. The van der Waals surface area contributed by atoms with Crippen LogP contribution in [0.2, 0.25) is 0 Å². The number of hydrogen-bond donors (Lipinski definition) is 2. The fraction of sp³-hybridized carbons (Fsp3) is 0.778. The number of ether oxygens (including phenoxy) is 2. The second kappa shape index (κ2) is 41.6. The summed E-state index contributed by atoms with van der Waals surface area (Å²) in [5.41, 5.74) is 5.34. The van der Waals surface area contributed by atoms with Crippen LogP contribution in [0, 0.1) is 0 Å². The predicted molar refractivity (Wildman–Crippen MR) is 229 cm³/mol. The zero-order valence-corrected chi connectivity index (χ0v) is 36.0. The van der Waals surface area contributed by atoms with Crippen molar-refractivity contribution in [3.63, 3.8) is 0 Å². The SMILES string of the molecule is CCCCCC=CCC=CCC=CCC=CCCCC(=O)OC(COC(=O)CCCCCCCCCCCCCCCCCCC)COP(=O)(O)OCCN. The maximum atomic E-state index is 12.6. The van der Waals surface area contributed by atoms with E-state index < -0.39 is 32.5 Å². The zero-order chi connectivity index (χ0) is 40.3. The first kappa shape index (κ1) is 53.0. The summed E-state index contributed by atoms with van der Waals surface area (Å²) in [6.07, 6.45) is 47.2. The molecule has 55 heavy (non-hydrogen) atoms. The van der Waals surface area contributed by atoms with Crippen LogP contribution in [0.25, 0.3) is 0 Å². The minimum atomic E-state index is -4.39. The van der Waals surface area contributed by atoms with Crippen LogP contribution in [-0.4, -0.2) is 49.3 Å². The van der Waals surface area contributed by atoms with Gasteiger partial charge in [0.25, 0.3) is 0 Å². The number of unbranched alkanes of at least 4 members (excludes halogenated alkanes) is 20. The van der Waals surface area contributed by atoms with Gasteiger partial charge in [0.1, 0.15) is 6.61 Å². The van der Waals surface area contributed by atoms with E-state index in [9.17, 15) is 19.0 Å². The highest BCUT2D eigenvalue weighted by Gasteiger charge is 2.25. The summed E-state index contributed by atoms with van der Waals surface area (Å²) < 4.78 is 32.7. The molecule has 0 aromatic rings. The molecule has 0 spiro atoms. The predicted octanol–water partition coefficient (Wildman–Crippen LogP) is 12.7. The Labute approximate surface area is 336 Å². The number of allylic oxidation sites excluding steroid dienone is 8. The van der Waals surface area contributed by atoms with Gasteiger partial charge in [0.15, 0.2) is 6.10 Å². The minimum Gasteiger partial charge on any atom is -0.462 e. The van der Waals surface area contributed by atoms with Gasteiger partial charge >= 0.3 is 19.8 Å². The van der Waals surface area contributed by atoms with E-state index in [1.165, 1.54) is 116 Å². The normalized spacial score (nSPS) is 13.7. The van der Waals surface area contributed by atoms with Crippen molar-refractivity contribution >= 4 is 19.8 Å². The van der Waals surface area contributed by atoms with Gasteiger partial charge in [0, 0.05) is 19.4 Å². The van der Waals surface area contributed by atoms with Gasteiger partial charge in [0.2, 0.25) is 0 Å². The molecule has 0 saturated heterocycles. The lowest BCUT2D eigenvalue weighted by molar-refractivity contribution is -0.161. The second-order valence-corrected chi connectivity index (χ2v) is 16.0. The Morgan fingerprint density at radius 2 is 0.964 bits per heavy atom. The molecule has 0 heterocycles. The molecule has 0 aliphatic rings. The summed E-state index contributed by atoms with van der Waals surface area (Å²) in [5, 5.41) is 0. The molecule has 320 valence electrons. The van der Waals surface area contributed by atoms with Crippen molar-refractivity contribution < 1.29 is 37.6 Å². The molecular weight excluding hydrogens is 713 g/mol. The number of hydrogen-bond acceptors (Lipinski definition) is 8. The highest BCUT2D eigenvalue weighted by molar-refractivity contribution is 7.47. The Bertz CT molecular complexity index is 1040. The largest absolute Gasteiger partial charge is 0.472 e. The van der Waals surface area contributed by atoms with Crippen molar-refractivity contribution in [1.82, 2.24) is 0 Å². The lowest BCUT2D eigenvalue weighted by Crippen LogP contribution is -2.29. The van der Waals surface area contributed by atoms with E-state index in [0.717, 1.165) is 38.5 Å². The second-order valence-electron chi connectivity index (χ2n) is 14.6. The van der Waals surface area contributed by atoms with E-state index in [2.05, 4.69) is 56.4 Å². The lowest BCUT2D eigenvalue weighted by atomic mass is 10.0. The molecule has 0 amide bonds. The average molecular weight is 796 g/mol. The molecule has 0 radical (unpaired) electrons. The molecule has 10 heteroatoms. The van der Waals surface area contributed by atoms with Gasteiger partial charge < -0.3 is 20.1 Å². The van der Waals surface area contributed by atoms with Crippen LogP contribution >= 0.6 is 7.82 Å². The number of carbonyl (C=O) groups is 2. The van der Waals surface area contributed by atoms with Gasteiger partial charge in [0.05, 0.1) is 13.2 Å². The van der Waals surface area contributed by atoms with Gasteiger partial charge in [-0.25, -0.2) is 4.57 Å². The maximum Gasteiger partial charge on any atom is 0.472 e. The van der Waals surface area contributed by atoms with E-state index in [0.29, 0.717) is 12.8 Å². The lowest BCUT2D eigenvalue weighted by Gasteiger charge is -2.19. The average Bonchev–Trinajstić information content (AvgIpc) is 3.17. The molecule has 2 unspecified atom stereocenters. The third-order valence-electron chi connectivity index (χ3n) is 9.22. The smallest absolute Gasteiger partial charge is 0.462 e. The Morgan fingerprint density at radius 1 is 0.545 bits per heavy atom. The third kappa shape index (κ3) is 41.4. The summed E-state index contributed by atoms with van der Waals surface area (Å²) in [7, 11) is -4.39. The topological polar surface area (TPSA) is 134 Å². The summed E-state index contributed by atoms with van der Waals surface area (Å²) in [6, 6.07) is 0. The van der Waals surface area contributed by atoms with Crippen molar-refractivity contribution in [3.8, 4) is 0 Å². The van der Waals surface area contributed by atoms with Gasteiger partial charge in [-0.2, -0.15) is 0 Å².